The van der Waals surface area contributed by atoms with Gasteiger partial charge in [-0.3, -0.25) is 19.0 Å². The summed E-state index contributed by atoms with van der Waals surface area (Å²) in [5, 5.41) is 13.1. The Morgan fingerprint density at radius 3 is 2.63 bits per heavy atom. The van der Waals surface area contributed by atoms with Crippen molar-refractivity contribution < 1.29 is 19.1 Å². The first-order valence-corrected chi connectivity index (χ1v) is 12.1. The minimum absolute atomic E-state index is 0.0229. The van der Waals surface area contributed by atoms with Crippen LogP contribution in [0, 0.1) is 0 Å². The molecule has 1 aromatic carbocycles. The van der Waals surface area contributed by atoms with E-state index < -0.39 is 29.6 Å². The van der Waals surface area contributed by atoms with Crippen LogP contribution in [0.3, 0.4) is 0 Å². The number of carbonyl (C=O) groups excluding carboxylic acids is 2. The van der Waals surface area contributed by atoms with Crippen molar-refractivity contribution in [3.63, 3.8) is 0 Å². The second-order valence-corrected chi connectivity index (χ2v) is 10.0. The van der Waals surface area contributed by atoms with Crippen LogP contribution in [-0.4, -0.2) is 59.7 Å². The van der Waals surface area contributed by atoms with Crippen LogP contribution in [0.4, 0.5) is 4.39 Å². The van der Waals surface area contributed by atoms with Crippen molar-refractivity contribution in [2.75, 3.05) is 13.1 Å². The largest absolute Gasteiger partial charge is 0.506 e. The van der Waals surface area contributed by atoms with E-state index in [1.807, 2.05) is 7.05 Å². The number of likely N-dealkylation sites (tertiary alicyclic amines) is 1. The Morgan fingerprint density at radius 1 is 1.21 bits per heavy atom. The molecule has 0 spiro atoms. The van der Waals surface area contributed by atoms with Gasteiger partial charge in [-0.1, -0.05) is 17.7 Å². The SMILES string of the molecule is Cn1cnc(-c2cnc3c(c2)cc(C(=O)NCc2ccc(Cl)c(O)c2)c(=O)n3CC(=O)N2CC(C)(F)C2)c1. The van der Waals surface area contributed by atoms with E-state index >= 15 is 0 Å². The quantitative estimate of drug-likeness (QED) is 0.389. The molecule has 2 N–H and O–H groups in total. The van der Waals surface area contributed by atoms with Gasteiger partial charge in [-0.05, 0) is 36.8 Å². The summed E-state index contributed by atoms with van der Waals surface area (Å²) >= 11 is 5.84. The van der Waals surface area contributed by atoms with E-state index in [1.54, 1.807) is 35.4 Å². The predicted molar refractivity (Wildman–Crippen MR) is 139 cm³/mol. The van der Waals surface area contributed by atoms with Crippen molar-refractivity contribution in [3.05, 3.63) is 75.6 Å². The highest BCUT2D eigenvalue weighted by atomic mass is 35.5. The number of phenolic OH excluding ortho intramolecular Hbond substituents is 1. The standard InChI is InChI=1S/C26H24ClFN6O4/c1-26(28)12-33(13-26)22(36)11-34-23-16(6-17(9-29-23)20-10-32(2)14-31-20)7-18(25(34)38)24(37)30-8-15-3-4-19(27)21(35)5-15/h3-7,9-10,14,35H,8,11-13H2,1-2H3,(H,30,37). The average Bonchev–Trinajstić information content (AvgIpc) is 3.30. The highest BCUT2D eigenvalue weighted by molar-refractivity contribution is 6.32. The van der Waals surface area contributed by atoms with E-state index in [0.29, 0.717) is 22.2 Å². The lowest BCUT2D eigenvalue weighted by molar-refractivity contribution is -0.144. The third kappa shape index (κ3) is 4.97. The van der Waals surface area contributed by atoms with E-state index in [-0.39, 0.29) is 41.6 Å². The van der Waals surface area contributed by atoms with Crippen LogP contribution in [0.1, 0.15) is 22.8 Å². The van der Waals surface area contributed by atoms with Crippen LogP contribution < -0.4 is 10.9 Å². The Bertz CT molecular complexity index is 1640. The molecule has 5 rings (SSSR count). The number of alkyl halides is 1. The second kappa shape index (κ2) is 9.56. The van der Waals surface area contributed by atoms with Crippen molar-refractivity contribution in [3.8, 4) is 17.0 Å². The molecule has 1 aliphatic heterocycles. The molecule has 1 saturated heterocycles. The number of fused-ring (bicyclic) bond motifs is 1. The number of carbonyl (C=O) groups is 2. The molecule has 0 unspecified atom stereocenters. The van der Waals surface area contributed by atoms with Crippen molar-refractivity contribution in [1.29, 1.82) is 0 Å². The maximum Gasteiger partial charge on any atom is 0.265 e. The minimum atomic E-state index is -1.46. The Labute approximate surface area is 221 Å². The third-order valence-electron chi connectivity index (χ3n) is 6.32. The molecule has 0 aliphatic carbocycles. The first kappa shape index (κ1) is 25.4. The summed E-state index contributed by atoms with van der Waals surface area (Å²) in [4.78, 5) is 49.5. The van der Waals surface area contributed by atoms with Gasteiger partial charge in [-0.2, -0.15) is 0 Å². The lowest BCUT2D eigenvalue weighted by atomic mass is 9.99. The number of aryl methyl sites for hydroxylation is 1. The number of benzene rings is 1. The molecular formula is C26H24ClFN6O4. The Morgan fingerprint density at radius 2 is 1.97 bits per heavy atom. The van der Waals surface area contributed by atoms with Gasteiger partial charge in [-0.15, -0.1) is 0 Å². The van der Waals surface area contributed by atoms with Gasteiger partial charge in [0.05, 0.1) is 30.1 Å². The second-order valence-electron chi connectivity index (χ2n) is 9.64. The van der Waals surface area contributed by atoms with Crippen LogP contribution in [-0.2, 0) is 24.9 Å². The molecule has 2 amide bonds. The summed E-state index contributed by atoms with van der Waals surface area (Å²) in [5.74, 6) is -1.25. The minimum Gasteiger partial charge on any atom is -0.506 e. The van der Waals surface area contributed by atoms with Gasteiger partial charge < -0.3 is 19.9 Å². The van der Waals surface area contributed by atoms with Crippen LogP contribution in [0.25, 0.3) is 22.3 Å². The number of halogens is 2. The van der Waals surface area contributed by atoms with Crippen molar-refractivity contribution in [1.82, 2.24) is 29.3 Å². The molecule has 12 heteroatoms. The highest BCUT2D eigenvalue weighted by Gasteiger charge is 2.41. The highest BCUT2D eigenvalue weighted by Crippen LogP contribution is 2.26. The number of phenols is 1. The fourth-order valence-electron chi connectivity index (χ4n) is 4.38. The zero-order valence-electron chi connectivity index (χ0n) is 20.6. The molecule has 38 heavy (non-hydrogen) atoms. The Hall–Kier alpha value is -4.25. The molecular weight excluding hydrogens is 515 g/mol. The molecule has 0 atom stereocenters. The zero-order chi connectivity index (χ0) is 27.2. The smallest absolute Gasteiger partial charge is 0.265 e. The Balaban J connectivity index is 1.51. The van der Waals surface area contributed by atoms with Crippen molar-refractivity contribution >= 4 is 34.4 Å². The van der Waals surface area contributed by atoms with Gasteiger partial charge >= 0.3 is 0 Å². The summed E-state index contributed by atoms with van der Waals surface area (Å²) in [5.41, 5.74) is -0.267. The summed E-state index contributed by atoms with van der Waals surface area (Å²) in [6.07, 6.45) is 4.98. The molecule has 0 bridgehead atoms. The fraction of sp³-hybridized carbons (Fsp3) is 0.269. The monoisotopic (exact) mass is 538 g/mol. The first-order chi connectivity index (χ1) is 18.0. The van der Waals surface area contributed by atoms with Gasteiger partial charge in [0.1, 0.15) is 29.2 Å². The lowest BCUT2D eigenvalue weighted by Crippen LogP contribution is -2.60. The van der Waals surface area contributed by atoms with Crippen LogP contribution in [0.2, 0.25) is 5.02 Å². The fourth-order valence-corrected chi connectivity index (χ4v) is 4.50. The number of aromatic nitrogens is 4. The number of amides is 2. The van der Waals surface area contributed by atoms with Crippen molar-refractivity contribution in [2.24, 2.45) is 7.05 Å². The van der Waals surface area contributed by atoms with E-state index in [9.17, 15) is 23.9 Å². The molecule has 1 aliphatic rings. The van der Waals surface area contributed by atoms with E-state index in [1.165, 1.54) is 30.0 Å². The van der Waals surface area contributed by atoms with Crippen molar-refractivity contribution in [2.45, 2.75) is 25.7 Å². The molecule has 3 aromatic heterocycles. The molecule has 4 heterocycles. The number of hydrogen-bond acceptors (Lipinski definition) is 6. The molecule has 0 radical (unpaired) electrons. The molecule has 10 nitrogen and oxygen atoms in total. The predicted octanol–water partition coefficient (Wildman–Crippen LogP) is 2.66. The van der Waals surface area contributed by atoms with E-state index in [0.717, 1.165) is 4.57 Å². The number of imidazole rings is 1. The van der Waals surface area contributed by atoms with E-state index in [2.05, 4.69) is 15.3 Å². The zero-order valence-corrected chi connectivity index (χ0v) is 21.4. The number of nitrogens with one attached hydrogen (secondary N) is 1. The third-order valence-corrected chi connectivity index (χ3v) is 6.64. The van der Waals surface area contributed by atoms with E-state index in [4.69, 9.17) is 11.6 Å². The lowest BCUT2D eigenvalue weighted by Gasteiger charge is -2.42. The summed E-state index contributed by atoms with van der Waals surface area (Å²) in [6, 6.07) is 7.70. The molecule has 196 valence electrons. The number of nitrogens with zero attached hydrogens (tertiary/aromatic N) is 5. The number of rotatable bonds is 6. The number of hydrogen-bond donors (Lipinski definition) is 2. The summed E-state index contributed by atoms with van der Waals surface area (Å²) in [6.45, 7) is 0.904. The van der Waals surface area contributed by atoms with Crippen LogP contribution in [0.5, 0.6) is 5.75 Å². The number of aromatic hydroxyl groups is 1. The van der Waals surface area contributed by atoms with Gasteiger partial charge in [-0.25, -0.2) is 14.4 Å². The normalized spacial score (nSPS) is 14.4. The summed E-state index contributed by atoms with van der Waals surface area (Å²) in [7, 11) is 1.83. The molecule has 4 aromatic rings. The van der Waals surface area contributed by atoms with Gasteiger partial charge in [0.2, 0.25) is 5.91 Å². The summed E-state index contributed by atoms with van der Waals surface area (Å²) < 4.78 is 16.9. The Kier molecular flexibility index (Phi) is 6.39. The topological polar surface area (TPSA) is 122 Å². The van der Waals surface area contributed by atoms with Crippen LogP contribution in [0.15, 0.2) is 53.8 Å². The first-order valence-electron chi connectivity index (χ1n) is 11.7. The number of pyridine rings is 2. The van der Waals surface area contributed by atoms with Gasteiger partial charge in [0.15, 0.2) is 0 Å². The molecule has 0 saturated carbocycles. The maximum absolute atomic E-state index is 14.0. The van der Waals surface area contributed by atoms with Gasteiger partial charge in [0, 0.05) is 36.9 Å². The maximum atomic E-state index is 14.0. The van der Waals surface area contributed by atoms with Crippen LogP contribution >= 0.6 is 11.6 Å². The average molecular weight is 539 g/mol. The molecule has 1 fully saturated rings. The van der Waals surface area contributed by atoms with Gasteiger partial charge in [0.25, 0.3) is 11.5 Å².